The Morgan fingerprint density at radius 2 is 1.81 bits per heavy atom. The van der Waals surface area contributed by atoms with Gasteiger partial charge in [0.1, 0.15) is 18.1 Å². The minimum atomic E-state index is -0.269. The highest BCUT2D eigenvalue weighted by Crippen LogP contribution is 2.21. The maximum absolute atomic E-state index is 12.6. The van der Waals surface area contributed by atoms with E-state index in [4.69, 9.17) is 9.15 Å². The smallest absolute Gasteiger partial charge is 0.287 e. The Bertz CT molecular complexity index is 1240. The molecule has 0 saturated carbocycles. The summed E-state index contributed by atoms with van der Waals surface area (Å²) >= 11 is 0. The van der Waals surface area contributed by atoms with Crippen molar-refractivity contribution in [1.82, 2.24) is 15.1 Å². The van der Waals surface area contributed by atoms with Gasteiger partial charge in [-0.15, -0.1) is 0 Å². The lowest BCUT2D eigenvalue weighted by Gasteiger charge is -2.08. The Kier molecular flexibility index (Phi) is 6.12. The summed E-state index contributed by atoms with van der Waals surface area (Å²) in [5, 5.41) is 7.57. The summed E-state index contributed by atoms with van der Waals surface area (Å²) in [6.07, 6.45) is 0. The zero-order valence-electron chi connectivity index (χ0n) is 18.8. The van der Waals surface area contributed by atoms with Gasteiger partial charge in [0, 0.05) is 17.8 Å². The van der Waals surface area contributed by atoms with E-state index in [9.17, 15) is 4.79 Å². The molecule has 0 bridgehead atoms. The molecule has 0 aliphatic heterocycles. The van der Waals surface area contributed by atoms with E-state index in [1.165, 1.54) is 0 Å². The Hall–Kier alpha value is -3.80. The number of aromatic nitrogens is 2. The van der Waals surface area contributed by atoms with Crippen molar-refractivity contribution in [2.75, 3.05) is 0 Å². The third-order valence-corrected chi connectivity index (χ3v) is 5.47. The molecule has 0 atom stereocenters. The van der Waals surface area contributed by atoms with Gasteiger partial charge in [-0.3, -0.25) is 4.79 Å². The number of para-hydroxylation sites is 1. The normalized spacial score (nSPS) is 10.9. The second kappa shape index (κ2) is 9.14. The Morgan fingerprint density at radius 3 is 2.59 bits per heavy atom. The first kappa shape index (κ1) is 21.4. The van der Waals surface area contributed by atoms with E-state index >= 15 is 0 Å². The van der Waals surface area contributed by atoms with Crippen molar-refractivity contribution in [2.24, 2.45) is 0 Å². The molecule has 4 aromatic rings. The van der Waals surface area contributed by atoms with Crippen LogP contribution in [0.3, 0.4) is 0 Å². The van der Waals surface area contributed by atoms with Crippen LogP contribution >= 0.6 is 0 Å². The van der Waals surface area contributed by atoms with Crippen LogP contribution in [-0.2, 0) is 13.2 Å². The molecule has 2 aromatic carbocycles. The summed E-state index contributed by atoms with van der Waals surface area (Å²) in [6, 6.07) is 19.4. The number of rotatable bonds is 7. The van der Waals surface area contributed by atoms with Crippen molar-refractivity contribution in [2.45, 2.75) is 40.8 Å². The summed E-state index contributed by atoms with van der Waals surface area (Å²) in [4.78, 5) is 12.6. The van der Waals surface area contributed by atoms with Gasteiger partial charge in [0.05, 0.1) is 11.4 Å². The van der Waals surface area contributed by atoms with Crippen molar-refractivity contribution in [3.05, 3.63) is 100 Å². The number of carbonyl (C=O) groups excluding carboxylic acids is 1. The summed E-state index contributed by atoms with van der Waals surface area (Å²) in [6.45, 7) is 8.61. The molecule has 0 fully saturated rings. The van der Waals surface area contributed by atoms with Crippen LogP contribution in [0.2, 0.25) is 0 Å². The quantitative estimate of drug-likeness (QED) is 0.438. The van der Waals surface area contributed by atoms with Crippen LogP contribution in [0.5, 0.6) is 5.75 Å². The van der Waals surface area contributed by atoms with Crippen LogP contribution in [0.25, 0.3) is 5.69 Å². The molecule has 0 aliphatic rings. The second-order valence-electron chi connectivity index (χ2n) is 7.90. The summed E-state index contributed by atoms with van der Waals surface area (Å²) in [5.74, 6) is 1.40. The van der Waals surface area contributed by atoms with E-state index in [1.54, 1.807) is 12.1 Å². The minimum Gasteiger partial charge on any atom is -0.485 e. The molecule has 32 heavy (non-hydrogen) atoms. The minimum absolute atomic E-state index is 0.260. The fourth-order valence-corrected chi connectivity index (χ4v) is 3.60. The molecule has 0 aliphatic carbocycles. The topological polar surface area (TPSA) is 69.3 Å². The summed E-state index contributed by atoms with van der Waals surface area (Å²) < 4.78 is 13.5. The van der Waals surface area contributed by atoms with Crippen LogP contribution in [0, 0.1) is 27.7 Å². The Morgan fingerprint density at radius 1 is 1.03 bits per heavy atom. The summed E-state index contributed by atoms with van der Waals surface area (Å²) in [7, 11) is 0. The average molecular weight is 430 g/mol. The molecule has 0 unspecified atom stereocenters. The van der Waals surface area contributed by atoms with Crippen molar-refractivity contribution >= 4 is 5.91 Å². The monoisotopic (exact) mass is 429 g/mol. The molecule has 0 radical (unpaired) electrons. The van der Waals surface area contributed by atoms with Crippen LogP contribution in [0.1, 0.15) is 44.4 Å². The van der Waals surface area contributed by atoms with Crippen molar-refractivity contribution in [1.29, 1.82) is 0 Å². The third kappa shape index (κ3) is 4.59. The van der Waals surface area contributed by atoms with Gasteiger partial charge in [-0.25, -0.2) is 4.68 Å². The molecule has 2 aromatic heterocycles. The van der Waals surface area contributed by atoms with E-state index < -0.39 is 0 Å². The van der Waals surface area contributed by atoms with Crippen LogP contribution in [0.4, 0.5) is 0 Å². The Labute approximate surface area is 187 Å². The molecule has 4 rings (SSSR count). The average Bonchev–Trinajstić information content (AvgIpc) is 3.38. The molecule has 1 N–H and O–H groups in total. The van der Waals surface area contributed by atoms with E-state index in [0.29, 0.717) is 12.3 Å². The lowest BCUT2D eigenvalue weighted by atomic mass is 10.1. The van der Waals surface area contributed by atoms with Crippen molar-refractivity contribution in [3.8, 4) is 11.4 Å². The first-order chi connectivity index (χ1) is 15.4. The standard InChI is InChI=1S/C26H27N3O3/c1-17-10-11-18(2)25(14-17)31-16-22-12-13-24(32-22)26(30)27-15-23-19(3)28-29(20(23)4)21-8-6-5-7-9-21/h5-14H,15-16H2,1-4H3,(H,27,30). The maximum Gasteiger partial charge on any atom is 0.287 e. The number of carbonyl (C=O) groups is 1. The number of benzene rings is 2. The molecule has 1 amide bonds. The lowest BCUT2D eigenvalue weighted by Crippen LogP contribution is -2.23. The van der Waals surface area contributed by atoms with Gasteiger partial charge in [-0.2, -0.15) is 5.10 Å². The number of nitrogens with one attached hydrogen (secondary N) is 1. The number of hydrogen-bond acceptors (Lipinski definition) is 4. The van der Waals surface area contributed by atoms with Gasteiger partial charge in [0.15, 0.2) is 5.76 Å². The fraction of sp³-hybridized carbons (Fsp3) is 0.231. The second-order valence-corrected chi connectivity index (χ2v) is 7.90. The van der Waals surface area contributed by atoms with E-state index in [-0.39, 0.29) is 18.3 Å². The Balaban J connectivity index is 1.39. The number of nitrogens with zero attached hydrogens (tertiary/aromatic N) is 2. The zero-order chi connectivity index (χ0) is 22.7. The highest BCUT2D eigenvalue weighted by atomic mass is 16.5. The van der Waals surface area contributed by atoms with Crippen LogP contribution in [0.15, 0.2) is 65.1 Å². The predicted octanol–water partition coefficient (Wildman–Crippen LogP) is 5.21. The zero-order valence-corrected chi connectivity index (χ0v) is 18.8. The van der Waals surface area contributed by atoms with Crippen LogP contribution < -0.4 is 10.1 Å². The largest absolute Gasteiger partial charge is 0.485 e. The first-order valence-electron chi connectivity index (χ1n) is 10.6. The third-order valence-electron chi connectivity index (χ3n) is 5.47. The molecule has 164 valence electrons. The number of amides is 1. The molecule has 6 heteroatoms. The molecular weight excluding hydrogens is 402 g/mol. The van der Waals surface area contributed by atoms with Gasteiger partial charge in [-0.05, 0) is 69.2 Å². The van der Waals surface area contributed by atoms with Gasteiger partial charge in [0.25, 0.3) is 5.91 Å². The number of aryl methyl sites for hydroxylation is 3. The van der Waals surface area contributed by atoms with E-state index in [1.807, 2.05) is 80.9 Å². The van der Waals surface area contributed by atoms with Gasteiger partial charge < -0.3 is 14.5 Å². The number of hydrogen-bond donors (Lipinski definition) is 1. The first-order valence-corrected chi connectivity index (χ1v) is 10.6. The van der Waals surface area contributed by atoms with Crippen LogP contribution in [-0.4, -0.2) is 15.7 Å². The van der Waals surface area contributed by atoms with Gasteiger partial charge in [-0.1, -0.05) is 30.3 Å². The lowest BCUT2D eigenvalue weighted by molar-refractivity contribution is 0.0919. The molecule has 6 nitrogen and oxygen atoms in total. The number of ether oxygens (including phenoxy) is 1. The maximum atomic E-state index is 12.6. The summed E-state index contributed by atoms with van der Waals surface area (Å²) in [5.41, 5.74) is 6.05. The van der Waals surface area contributed by atoms with E-state index in [2.05, 4.69) is 10.4 Å². The van der Waals surface area contributed by atoms with Gasteiger partial charge in [0.2, 0.25) is 0 Å². The highest BCUT2D eigenvalue weighted by Gasteiger charge is 2.16. The predicted molar refractivity (Wildman–Crippen MR) is 123 cm³/mol. The molecule has 0 saturated heterocycles. The SMILES string of the molecule is Cc1ccc(C)c(OCc2ccc(C(=O)NCc3c(C)nn(-c4ccccc4)c3C)o2)c1. The molecule has 0 spiro atoms. The van der Waals surface area contributed by atoms with Gasteiger partial charge >= 0.3 is 0 Å². The van der Waals surface area contributed by atoms with Crippen molar-refractivity contribution in [3.63, 3.8) is 0 Å². The highest BCUT2D eigenvalue weighted by molar-refractivity contribution is 5.91. The molecule has 2 heterocycles. The number of furan rings is 1. The molecular formula is C26H27N3O3. The fourth-order valence-electron chi connectivity index (χ4n) is 3.60. The van der Waals surface area contributed by atoms with Crippen molar-refractivity contribution < 1.29 is 13.9 Å². The van der Waals surface area contributed by atoms with E-state index in [0.717, 1.165) is 39.5 Å².